The number of carbonyl (C=O) groups is 1. The Morgan fingerprint density at radius 3 is 2.76 bits per heavy atom. The van der Waals surface area contributed by atoms with Crippen LogP contribution >= 0.6 is 26.6 Å². The van der Waals surface area contributed by atoms with Crippen molar-refractivity contribution in [2.45, 2.75) is 11.7 Å². The fourth-order valence-corrected chi connectivity index (χ4v) is 3.13. The molecule has 0 N–H and O–H groups in total. The Morgan fingerprint density at radius 2 is 2.24 bits per heavy atom. The normalized spacial score (nSPS) is 20.9. The molecule has 92 valence electrons. The summed E-state index contributed by atoms with van der Waals surface area (Å²) in [6.07, 6.45) is 2.99. The maximum absolute atomic E-state index is 11.7. The molecular formula is C9H8BrClN2O3S. The molecule has 1 fully saturated rings. The Bertz CT molecular complexity index is 563. The van der Waals surface area contributed by atoms with Crippen molar-refractivity contribution in [3.63, 3.8) is 0 Å². The van der Waals surface area contributed by atoms with Crippen LogP contribution < -0.4 is 4.90 Å². The Labute approximate surface area is 111 Å². The van der Waals surface area contributed by atoms with Crippen LogP contribution in [0.25, 0.3) is 0 Å². The van der Waals surface area contributed by atoms with Crippen LogP contribution in [0.3, 0.4) is 0 Å². The number of nitrogens with zero attached hydrogens (tertiary/aromatic N) is 2. The lowest BCUT2D eigenvalue weighted by Gasteiger charge is -2.16. The first-order chi connectivity index (χ1) is 7.89. The molecule has 1 aromatic heterocycles. The van der Waals surface area contributed by atoms with E-state index in [9.17, 15) is 13.2 Å². The topological polar surface area (TPSA) is 67.3 Å². The van der Waals surface area contributed by atoms with E-state index in [2.05, 4.69) is 20.9 Å². The van der Waals surface area contributed by atoms with Gasteiger partial charge in [0.2, 0.25) is 15.0 Å². The van der Waals surface area contributed by atoms with Gasteiger partial charge in [-0.3, -0.25) is 9.78 Å². The van der Waals surface area contributed by atoms with Crippen LogP contribution in [0.2, 0.25) is 0 Å². The minimum Gasteiger partial charge on any atom is -0.308 e. The smallest absolute Gasteiger partial charge is 0.237 e. The average molecular weight is 340 g/mol. The van der Waals surface area contributed by atoms with Crippen LogP contribution in [0, 0.1) is 0 Å². The lowest BCUT2D eigenvalue weighted by Crippen LogP contribution is -2.27. The van der Waals surface area contributed by atoms with Crippen molar-refractivity contribution in [2.24, 2.45) is 0 Å². The van der Waals surface area contributed by atoms with Gasteiger partial charge in [0.25, 0.3) is 0 Å². The zero-order chi connectivity index (χ0) is 12.6. The Hall–Kier alpha value is -0.660. The molecule has 0 spiro atoms. The van der Waals surface area contributed by atoms with E-state index >= 15 is 0 Å². The maximum atomic E-state index is 11.7. The molecule has 0 aliphatic carbocycles. The second-order valence-corrected chi connectivity index (χ2v) is 7.40. The molecule has 1 aliphatic heterocycles. The summed E-state index contributed by atoms with van der Waals surface area (Å²) >= 11 is 3.29. The van der Waals surface area contributed by atoms with Gasteiger partial charge in [0.1, 0.15) is 5.25 Å². The van der Waals surface area contributed by atoms with E-state index in [1.807, 2.05) is 0 Å². The molecule has 17 heavy (non-hydrogen) atoms. The summed E-state index contributed by atoms with van der Waals surface area (Å²) in [5, 5.41) is -0.858. The van der Waals surface area contributed by atoms with Crippen LogP contribution in [0.5, 0.6) is 0 Å². The van der Waals surface area contributed by atoms with Gasteiger partial charge in [-0.05, 0) is 22.0 Å². The molecule has 5 nitrogen and oxygen atoms in total. The number of rotatable bonds is 2. The van der Waals surface area contributed by atoms with Crippen molar-refractivity contribution < 1.29 is 13.2 Å². The fourth-order valence-electron chi connectivity index (χ4n) is 1.66. The van der Waals surface area contributed by atoms with E-state index < -0.39 is 14.3 Å². The average Bonchev–Trinajstić information content (AvgIpc) is 2.61. The van der Waals surface area contributed by atoms with E-state index in [0.717, 1.165) is 0 Å². The van der Waals surface area contributed by atoms with Gasteiger partial charge in [0.15, 0.2) is 0 Å². The third-order valence-electron chi connectivity index (χ3n) is 2.53. The third kappa shape index (κ3) is 2.61. The van der Waals surface area contributed by atoms with Crippen molar-refractivity contribution in [2.75, 3.05) is 11.4 Å². The molecular weight excluding hydrogens is 332 g/mol. The monoisotopic (exact) mass is 338 g/mol. The van der Waals surface area contributed by atoms with Gasteiger partial charge >= 0.3 is 0 Å². The molecule has 1 aromatic rings. The van der Waals surface area contributed by atoms with Gasteiger partial charge in [-0.1, -0.05) is 0 Å². The molecule has 0 aromatic carbocycles. The van der Waals surface area contributed by atoms with E-state index in [-0.39, 0.29) is 18.9 Å². The Kier molecular flexibility index (Phi) is 3.42. The second kappa shape index (κ2) is 4.55. The lowest BCUT2D eigenvalue weighted by atomic mass is 10.4. The number of halogens is 2. The number of carbonyl (C=O) groups excluding carboxylic acids is 1. The van der Waals surface area contributed by atoms with Gasteiger partial charge in [0, 0.05) is 34.3 Å². The number of aromatic nitrogens is 1. The highest BCUT2D eigenvalue weighted by Crippen LogP contribution is 2.31. The van der Waals surface area contributed by atoms with Crippen molar-refractivity contribution in [3.05, 3.63) is 22.9 Å². The van der Waals surface area contributed by atoms with Crippen molar-refractivity contribution in [1.82, 2.24) is 4.98 Å². The SMILES string of the molecule is O=C1CC(S(=O)(=O)Cl)CN1c1cnccc1Br. The maximum Gasteiger partial charge on any atom is 0.237 e. The van der Waals surface area contributed by atoms with Crippen LogP contribution in [0.4, 0.5) is 5.69 Å². The van der Waals surface area contributed by atoms with E-state index in [1.54, 1.807) is 12.3 Å². The molecule has 1 saturated heterocycles. The molecule has 2 heterocycles. The highest BCUT2D eigenvalue weighted by molar-refractivity contribution is 9.10. The largest absolute Gasteiger partial charge is 0.308 e. The molecule has 1 atom stereocenters. The van der Waals surface area contributed by atoms with Crippen molar-refractivity contribution >= 4 is 47.3 Å². The summed E-state index contributed by atoms with van der Waals surface area (Å²) in [4.78, 5) is 17.0. The first kappa shape index (κ1) is 12.8. The van der Waals surface area contributed by atoms with Crippen molar-refractivity contribution in [3.8, 4) is 0 Å². The van der Waals surface area contributed by atoms with E-state index in [0.29, 0.717) is 10.2 Å². The molecule has 1 unspecified atom stereocenters. The summed E-state index contributed by atoms with van der Waals surface area (Å²) in [5.74, 6) is -0.270. The highest BCUT2D eigenvalue weighted by Gasteiger charge is 2.38. The predicted molar refractivity (Wildman–Crippen MR) is 67.5 cm³/mol. The number of pyridine rings is 1. The number of anilines is 1. The molecule has 0 bridgehead atoms. The standard InChI is InChI=1S/C9H8BrClN2O3S/c10-7-1-2-12-4-8(7)13-5-6(3-9(13)14)17(11,15)16/h1-2,4,6H,3,5H2. The van der Waals surface area contributed by atoms with Gasteiger partial charge < -0.3 is 4.90 Å². The second-order valence-electron chi connectivity index (χ2n) is 3.63. The first-order valence-electron chi connectivity index (χ1n) is 4.73. The van der Waals surface area contributed by atoms with Gasteiger partial charge in [-0.15, -0.1) is 0 Å². The summed E-state index contributed by atoms with van der Waals surface area (Å²) in [6, 6.07) is 1.69. The number of amides is 1. The first-order valence-corrected chi connectivity index (χ1v) is 7.89. The summed E-state index contributed by atoms with van der Waals surface area (Å²) in [6.45, 7) is 0.0644. The minimum atomic E-state index is -3.72. The fraction of sp³-hybridized carbons (Fsp3) is 0.333. The molecule has 2 rings (SSSR count). The van der Waals surface area contributed by atoms with Crippen LogP contribution in [-0.2, 0) is 13.8 Å². The minimum absolute atomic E-state index is 0.0644. The Morgan fingerprint density at radius 1 is 1.53 bits per heavy atom. The van der Waals surface area contributed by atoms with E-state index in [4.69, 9.17) is 10.7 Å². The summed E-state index contributed by atoms with van der Waals surface area (Å²) < 4.78 is 23.1. The van der Waals surface area contributed by atoms with Crippen LogP contribution in [-0.4, -0.2) is 31.1 Å². The summed E-state index contributed by atoms with van der Waals surface area (Å²) in [5.41, 5.74) is 0.556. The quantitative estimate of drug-likeness (QED) is 0.766. The number of hydrogen-bond acceptors (Lipinski definition) is 4. The van der Waals surface area contributed by atoms with Crippen molar-refractivity contribution in [1.29, 1.82) is 0 Å². The van der Waals surface area contributed by atoms with Crippen LogP contribution in [0.1, 0.15) is 6.42 Å². The van der Waals surface area contributed by atoms with Gasteiger partial charge in [0.05, 0.1) is 11.9 Å². The van der Waals surface area contributed by atoms with Gasteiger partial charge in [-0.25, -0.2) is 8.42 Å². The zero-order valence-corrected chi connectivity index (χ0v) is 11.7. The highest BCUT2D eigenvalue weighted by atomic mass is 79.9. The third-order valence-corrected chi connectivity index (χ3v) is 5.07. The predicted octanol–water partition coefficient (Wildman–Crippen LogP) is 1.52. The molecule has 8 heteroatoms. The number of hydrogen-bond donors (Lipinski definition) is 0. The molecule has 0 radical (unpaired) electrons. The Balaban J connectivity index is 2.31. The zero-order valence-electron chi connectivity index (χ0n) is 8.51. The van der Waals surface area contributed by atoms with Gasteiger partial charge in [-0.2, -0.15) is 0 Å². The summed E-state index contributed by atoms with van der Waals surface area (Å²) in [7, 11) is 1.55. The molecule has 0 saturated carbocycles. The lowest BCUT2D eigenvalue weighted by molar-refractivity contribution is -0.117. The van der Waals surface area contributed by atoms with E-state index in [1.165, 1.54) is 11.1 Å². The molecule has 1 amide bonds. The van der Waals surface area contributed by atoms with Crippen LogP contribution in [0.15, 0.2) is 22.9 Å². The molecule has 1 aliphatic rings.